The van der Waals surface area contributed by atoms with Gasteiger partial charge in [0.25, 0.3) is 0 Å². The van der Waals surface area contributed by atoms with E-state index in [2.05, 4.69) is 30.5 Å². The van der Waals surface area contributed by atoms with Crippen LogP contribution < -0.4 is 10.1 Å². The van der Waals surface area contributed by atoms with Crippen LogP contribution in [-0.4, -0.2) is 13.4 Å². The fraction of sp³-hybridized carbons (Fsp3) is 0.0870. The molecule has 134 valence electrons. The lowest BCUT2D eigenvalue weighted by atomic mass is 10.1. The molecular weight excluding hydrogens is 354 g/mol. The van der Waals surface area contributed by atoms with Crippen molar-refractivity contribution in [1.82, 2.24) is 0 Å². The second-order valence-electron chi connectivity index (χ2n) is 6.03. The Morgan fingerprint density at radius 1 is 0.889 bits per heavy atom. The van der Waals surface area contributed by atoms with Crippen molar-refractivity contribution in [1.29, 1.82) is 0 Å². The van der Waals surface area contributed by atoms with E-state index in [9.17, 15) is 0 Å². The summed E-state index contributed by atoms with van der Waals surface area (Å²) in [6.45, 7) is 0. The summed E-state index contributed by atoms with van der Waals surface area (Å²) in [7, 11) is 1.66. The molecule has 0 atom stereocenters. The number of hydrogen-bond acceptors (Lipinski definition) is 4. The van der Waals surface area contributed by atoms with Crippen molar-refractivity contribution in [3.8, 4) is 17.1 Å². The highest BCUT2D eigenvalue weighted by molar-refractivity contribution is 7.98. The Morgan fingerprint density at radius 2 is 1.63 bits per heavy atom. The summed E-state index contributed by atoms with van der Waals surface area (Å²) < 4.78 is 11.4. The number of thioether (sulfide) groups is 1. The lowest BCUT2D eigenvalue weighted by Crippen LogP contribution is -2.03. The molecular formula is C23H19NO2S. The molecule has 1 heterocycles. The van der Waals surface area contributed by atoms with Gasteiger partial charge in [-0.3, -0.25) is 0 Å². The van der Waals surface area contributed by atoms with E-state index in [4.69, 9.17) is 14.1 Å². The SMILES string of the molecule is COc1ccc(N=c2cc(-c3ccc(SC)cc3)oc3ccccc23)cc1. The Hall–Kier alpha value is -2.98. The molecule has 3 aromatic carbocycles. The molecule has 4 aromatic rings. The number of rotatable bonds is 4. The van der Waals surface area contributed by atoms with Crippen LogP contribution in [0.1, 0.15) is 0 Å². The normalized spacial score (nSPS) is 11.7. The number of fused-ring (bicyclic) bond motifs is 1. The molecule has 1 aromatic heterocycles. The van der Waals surface area contributed by atoms with E-state index < -0.39 is 0 Å². The maximum absolute atomic E-state index is 6.15. The summed E-state index contributed by atoms with van der Waals surface area (Å²) in [6.07, 6.45) is 2.07. The summed E-state index contributed by atoms with van der Waals surface area (Å²) in [4.78, 5) is 6.07. The molecule has 0 bridgehead atoms. The van der Waals surface area contributed by atoms with Crippen LogP contribution in [0, 0.1) is 0 Å². The number of benzene rings is 3. The maximum atomic E-state index is 6.15. The molecule has 0 saturated heterocycles. The monoisotopic (exact) mass is 373 g/mol. The molecule has 0 radical (unpaired) electrons. The fourth-order valence-electron chi connectivity index (χ4n) is 2.90. The first-order valence-electron chi connectivity index (χ1n) is 8.63. The standard InChI is InChI=1S/C23H19NO2S/c1-25-18-11-9-17(10-12-18)24-21-15-23(16-7-13-19(27-2)14-8-16)26-22-6-4-3-5-20(21)22/h3-15H,1-2H3. The summed E-state index contributed by atoms with van der Waals surface area (Å²) in [5, 5.41) is 1.86. The zero-order chi connectivity index (χ0) is 18.6. The smallest absolute Gasteiger partial charge is 0.136 e. The molecule has 0 saturated carbocycles. The Labute approximate surface area is 162 Å². The molecule has 0 amide bonds. The van der Waals surface area contributed by atoms with Gasteiger partial charge in [-0.2, -0.15) is 0 Å². The van der Waals surface area contributed by atoms with Crippen LogP contribution >= 0.6 is 11.8 Å². The minimum atomic E-state index is 0.800. The van der Waals surface area contributed by atoms with Crippen LogP contribution in [0.3, 0.4) is 0 Å². The Balaban J connectivity index is 1.88. The summed E-state index contributed by atoms with van der Waals surface area (Å²) in [6, 6.07) is 26.1. The highest BCUT2D eigenvalue weighted by atomic mass is 32.2. The average molecular weight is 373 g/mol. The largest absolute Gasteiger partial charge is 0.497 e. The van der Waals surface area contributed by atoms with Crippen molar-refractivity contribution >= 4 is 28.4 Å². The van der Waals surface area contributed by atoms with Gasteiger partial charge in [-0.25, -0.2) is 4.99 Å². The summed E-state index contributed by atoms with van der Waals surface area (Å²) in [5.74, 6) is 1.62. The van der Waals surface area contributed by atoms with E-state index >= 15 is 0 Å². The zero-order valence-corrected chi connectivity index (χ0v) is 16.0. The van der Waals surface area contributed by atoms with E-state index in [0.29, 0.717) is 0 Å². The molecule has 0 aliphatic heterocycles. The first kappa shape index (κ1) is 17.4. The van der Waals surface area contributed by atoms with Gasteiger partial charge in [0.05, 0.1) is 18.2 Å². The van der Waals surface area contributed by atoms with E-state index in [1.165, 1.54) is 4.90 Å². The first-order chi connectivity index (χ1) is 13.3. The third kappa shape index (κ3) is 3.76. The molecule has 0 N–H and O–H groups in total. The Kier molecular flexibility index (Phi) is 4.99. The fourth-order valence-corrected chi connectivity index (χ4v) is 3.31. The van der Waals surface area contributed by atoms with Gasteiger partial charge in [-0.15, -0.1) is 11.8 Å². The van der Waals surface area contributed by atoms with Gasteiger partial charge in [-0.1, -0.05) is 24.3 Å². The molecule has 0 unspecified atom stereocenters. The maximum Gasteiger partial charge on any atom is 0.136 e. The van der Waals surface area contributed by atoms with E-state index in [-0.39, 0.29) is 0 Å². The number of nitrogens with zero attached hydrogens (tertiary/aromatic N) is 1. The van der Waals surface area contributed by atoms with Gasteiger partial charge in [0.1, 0.15) is 17.1 Å². The molecule has 0 spiro atoms. The average Bonchev–Trinajstić information content (AvgIpc) is 2.74. The van der Waals surface area contributed by atoms with Crippen molar-refractivity contribution in [2.75, 3.05) is 13.4 Å². The van der Waals surface area contributed by atoms with Gasteiger partial charge in [0.15, 0.2) is 0 Å². The molecule has 0 fully saturated rings. The van der Waals surface area contributed by atoms with E-state index in [1.54, 1.807) is 18.9 Å². The van der Waals surface area contributed by atoms with Crippen LogP contribution in [0.15, 0.2) is 93.2 Å². The molecule has 3 nitrogen and oxygen atoms in total. The van der Waals surface area contributed by atoms with Crippen LogP contribution in [0.2, 0.25) is 0 Å². The second-order valence-corrected chi connectivity index (χ2v) is 6.91. The van der Waals surface area contributed by atoms with Gasteiger partial charge in [0, 0.05) is 21.9 Å². The number of ether oxygens (including phenoxy) is 1. The molecule has 4 heteroatoms. The van der Waals surface area contributed by atoms with Crippen molar-refractivity contribution in [2.45, 2.75) is 4.90 Å². The highest BCUT2D eigenvalue weighted by Gasteiger charge is 2.06. The van der Waals surface area contributed by atoms with Crippen molar-refractivity contribution in [2.24, 2.45) is 4.99 Å². The predicted octanol–water partition coefficient (Wildman–Crippen LogP) is 6.06. The third-order valence-corrected chi connectivity index (χ3v) is 5.09. The lowest BCUT2D eigenvalue weighted by molar-refractivity contribution is 0.415. The number of hydrogen-bond donors (Lipinski definition) is 0. The van der Waals surface area contributed by atoms with E-state index in [0.717, 1.165) is 39.1 Å². The van der Waals surface area contributed by atoms with Crippen LogP contribution in [0.5, 0.6) is 5.75 Å². The molecule has 27 heavy (non-hydrogen) atoms. The lowest BCUT2D eigenvalue weighted by Gasteiger charge is -2.06. The molecule has 0 aliphatic carbocycles. The first-order valence-corrected chi connectivity index (χ1v) is 9.85. The zero-order valence-electron chi connectivity index (χ0n) is 15.2. The van der Waals surface area contributed by atoms with Gasteiger partial charge in [-0.05, 0) is 54.8 Å². The number of methoxy groups -OCH3 is 1. The highest BCUT2D eigenvalue weighted by Crippen LogP contribution is 2.25. The van der Waals surface area contributed by atoms with Gasteiger partial charge in [0.2, 0.25) is 0 Å². The van der Waals surface area contributed by atoms with Crippen molar-refractivity contribution in [3.63, 3.8) is 0 Å². The number of para-hydroxylation sites is 1. The van der Waals surface area contributed by atoms with Crippen LogP contribution in [-0.2, 0) is 0 Å². The van der Waals surface area contributed by atoms with Gasteiger partial charge < -0.3 is 9.15 Å². The van der Waals surface area contributed by atoms with Gasteiger partial charge >= 0.3 is 0 Å². The summed E-state index contributed by atoms with van der Waals surface area (Å²) in [5.41, 5.74) is 2.72. The Morgan fingerprint density at radius 3 is 2.33 bits per heavy atom. The molecule has 4 rings (SSSR count). The Bertz CT molecular complexity index is 1130. The summed E-state index contributed by atoms with van der Waals surface area (Å²) >= 11 is 1.72. The van der Waals surface area contributed by atoms with Crippen LogP contribution in [0.25, 0.3) is 22.3 Å². The topological polar surface area (TPSA) is 34.7 Å². The van der Waals surface area contributed by atoms with Crippen molar-refractivity contribution < 1.29 is 9.15 Å². The third-order valence-electron chi connectivity index (χ3n) is 4.35. The molecule has 0 aliphatic rings. The predicted molar refractivity (Wildman–Crippen MR) is 112 cm³/mol. The minimum Gasteiger partial charge on any atom is -0.497 e. The quantitative estimate of drug-likeness (QED) is 0.408. The minimum absolute atomic E-state index is 0.800. The van der Waals surface area contributed by atoms with Crippen molar-refractivity contribution in [3.05, 3.63) is 84.2 Å². The second kappa shape index (κ2) is 7.72. The van der Waals surface area contributed by atoms with Crippen LogP contribution in [0.4, 0.5) is 5.69 Å². The van der Waals surface area contributed by atoms with E-state index in [1.807, 2.05) is 54.6 Å².